The first-order chi connectivity index (χ1) is 9.95. The molecule has 126 valence electrons. The van der Waals surface area contributed by atoms with Crippen LogP contribution >= 0.6 is 15.9 Å². The molecule has 21 heavy (non-hydrogen) atoms. The molecule has 0 aliphatic rings. The van der Waals surface area contributed by atoms with Gasteiger partial charge in [0.05, 0.1) is 0 Å². The van der Waals surface area contributed by atoms with Crippen molar-refractivity contribution in [1.29, 1.82) is 0 Å². The van der Waals surface area contributed by atoms with Crippen molar-refractivity contribution < 1.29 is 0 Å². The van der Waals surface area contributed by atoms with E-state index in [1.54, 1.807) is 0 Å². The Kier molecular flexibility index (Phi) is 14.0. The lowest BCUT2D eigenvalue weighted by atomic mass is 9.92. The van der Waals surface area contributed by atoms with E-state index in [1.807, 2.05) is 0 Å². The smallest absolute Gasteiger partial charge is 0.00684 e. The molecule has 0 saturated heterocycles. The molecule has 0 nitrogen and oxygen atoms in total. The van der Waals surface area contributed by atoms with Crippen LogP contribution in [0.1, 0.15) is 92.4 Å². The second-order valence-corrected chi connectivity index (χ2v) is 8.33. The molecule has 0 aliphatic heterocycles. The summed E-state index contributed by atoms with van der Waals surface area (Å²) in [5.41, 5.74) is 1.54. The Hall–Kier alpha value is 0.220. The predicted octanol–water partition coefficient (Wildman–Crippen LogP) is 7.77. The highest BCUT2D eigenvalue weighted by atomic mass is 79.9. The molecule has 0 aromatic heterocycles. The van der Waals surface area contributed by atoms with E-state index >= 15 is 0 Å². The Labute approximate surface area is 143 Å². The van der Waals surface area contributed by atoms with Crippen molar-refractivity contribution in [3.8, 4) is 0 Å². The minimum atomic E-state index is 0.873. The van der Waals surface area contributed by atoms with Crippen molar-refractivity contribution in [3.05, 3.63) is 11.6 Å². The first-order valence-electron chi connectivity index (χ1n) is 9.17. The maximum absolute atomic E-state index is 3.50. The van der Waals surface area contributed by atoms with Gasteiger partial charge in [-0.1, -0.05) is 93.8 Å². The summed E-state index contributed by atoms with van der Waals surface area (Å²) in [7, 11) is 0. The van der Waals surface area contributed by atoms with Crippen molar-refractivity contribution in [2.45, 2.75) is 92.4 Å². The Bertz CT molecular complexity index is 255. The molecule has 1 heteroatoms. The van der Waals surface area contributed by atoms with Crippen LogP contribution in [-0.4, -0.2) is 5.33 Å². The SMILES string of the molecule is C/C(=C\CCC(C)CCCC(C)CCCC(C)C)CCBr. The molecular weight excluding hydrogens is 320 g/mol. The minimum absolute atomic E-state index is 0.873. The first kappa shape index (κ1) is 21.2. The van der Waals surface area contributed by atoms with E-state index in [0.29, 0.717) is 0 Å². The van der Waals surface area contributed by atoms with Gasteiger partial charge in [0.1, 0.15) is 0 Å². The Balaban J connectivity index is 3.56. The van der Waals surface area contributed by atoms with E-state index in [2.05, 4.69) is 56.6 Å². The van der Waals surface area contributed by atoms with Crippen molar-refractivity contribution in [3.63, 3.8) is 0 Å². The fraction of sp³-hybridized carbons (Fsp3) is 0.900. The van der Waals surface area contributed by atoms with Crippen LogP contribution in [0.4, 0.5) is 0 Å². The summed E-state index contributed by atoms with van der Waals surface area (Å²) in [6.45, 7) is 11.8. The molecule has 2 unspecified atom stereocenters. The molecule has 0 rings (SSSR count). The first-order valence-corrected chi connectivity index (χ1v) is 10.3. The van der Waals surface area contributed by atoms with E-state index in [-0.39, 0.29) is 0 Å². The van der Waals surface area contributed by atoms with E-state index in [9.17, 15) is 0 Å². The number of hydrogen-bond acceptors (Lipinski definition) is 0. The molecule has 0 fully saturated rings. The molecule has 0 aromatic carbocycles. The Morgan fingerprint density at radius 1 is 0.857 bits per heavy atom. The van der Waals surface area contributed by atoms with Crippen molar-refractivity contribution in [2.24, 2.45) is 17.8 Å². The number of hydrogen-bond donors (Lipinski definition) is 0. The molecule has 2 atom stereocenters. The van der Waals surface area contributed by atoms with Crippen LogP contribution in [0.5, 0.6) is 0 Å². The third-order valence-corrected chi connectivity index (χ3v) is 4.91. The van der Waals surface area contributed by atoms with Crippen LogP contribution in [-0.2, 0) is 0 Å². The molecule has 0 N–H and O–H groups in total. The molecule has 0 aliphatic carbocycles. The molecule has 0 radical (unpaired) electrons. The van der Waals surface area contributed by atoms with E-state index in [4.69, 9.17) is 0 Å². The van der Waals surface area contributed by atoms with Gasteiger partial charge < -0.3 is 0 Å². The van der Waals surface area contributed by atoms with Gasteiger partial charge in [-0.05, 0) is 43.9 Å². The number of rotatable bonds is 13. The largest absolute Gasteiger partial charge is 0.0925 e. The van der Waals surface area contributed by atoms with Gasteiger partial charge in [-0.2, -0.15) is 0 Å². The van der Waals surface area contributed by atoms with Crippen LogP contribution < -0.4 is 0 Å². The second kappa shape index (κ2) is 13.9. The molecule has 0 bridgehead atoms. The zero-order chi connectivity index (χ0) is 16.1. The van der Waals surface area contributed by atoms with Gasteiger partial charge in [-0.25, -0.2) is 0 Å². The second-order valence-electron chi connectivity index (χ2n) is 7.53. The van der Waals surface area contributed by atoms with E-state index in [0.717, 1.165) is 23.1 Å². The van der Waals surface area contributed by atoms with Crippen molar-refractivity contribution in [1.82, 2.24) is 0 Å². The van der Waals surface area contributed by atoms with Crippen LogP contribution in [0.25, 0.3) is 0 Å². The summed E-state index contributed by atoms with van der Waals surface area (Å²) in [5, 5.41) is 1.10. The predicted molar refractivity (Wildman–Crippen MR) is 102 cm³/mol. The standard InChI is InChI=1S/C20H39Br/c1-17(2)9-6-10-18(3)11-7-12-19(4)13-8-14-20(5)15-16-21/h14,17-19H,6-13,15-16H2,1-5H3/b20-14+. The molecule has 0 spiro atoms. The van der Waals surface area contributed by atoms with Gasteiger partial charge in [0, 0.05) is 5.33 Å². The van der Waals surface area contributed by atoms with Crippen LogP contribution in [0.15, 0.2) is 11.6 Å². The van der Waals surface area contributed by atoms with Crippen LogP contribution in [0, 0.1) is 17.8 Å². The monoisotopic (exact) mass is 358 g/mol. The molecule has 0 amide bonds. The van der Waals surface area contributed by atoms with E-state index in [1.165, 1.54) is 63.4 Å². The average molecular weight is 359 g/mol. The number of alkyl halides is 1. The summed E-state index contributed by atoms with van der Waals surface area (Å²) >= 11 is 3.50. The summed E-state index contributed by atoms with van der Waals surface area (Å²) in [6.07, 6.45) is 14.8. The summed E-state index contributed by atoms with van der Waals surface area (Å²) in [4.78, 5) is 0. The van der Waals surface area contributed by atoms with Gasteiger partial charge in [0.25, 0.3) is 0 Å². The van der Waals surface area contributed by atoms with Crippen LogP contribution in [0.3, 0.4) is 0 Å². The highest BCUT2D eigenvalue weighted by Crippen LogP contribution is 2.21. The quantitative estimate of drug-likeness (QED) is 0.233. The maximum atomic E-state index is 3.50. The lowest BCUT2D eigenvalue weighted by molar-refractivity contribution is 0.393. The number of halogens is 1. The highest BCUT2D eigenvalue weighted by Gasteiger charge is 2.06. The summed E-state index contributed by atoms with van der Waals surface area (Å²) in [6, 6.07) is 0. The van der Waals surface area contributed by atoms with Gasteiger partial charge >= 0.3 is 0 Å². The van der Waals surface area contributed by atoms with E-state index < -0.39 is 0 Å². The van der Waals surface area contributed by atoms with Crippen LogP contribution in [0.2, 0.25) is 0 Å². The third-order valence-electron chi connectivity index (χ3n) is 4.51. The lowest BCUT2D eigenvalue weighted by Crippen LogP contribution is -2.00. The average Bonchev–Trinajstić information content (AvgIpc) is 2.38. The van der Waals surface area contributed by atoms with Crippen molar-refractivity contribution in [2.75, 3.05) is 5.33 Å². The van der Waals surface area contributed by atoms with Crippen molar-refractivity contribution >= 4 is 15.9 Å². The molecule has 0 heterocycles. The lowest BCUT2D eigenvalue weighted by Gasteiger charge is -2.14. The summed E-state index contributed by atoms with van der Waals surface area (Å²) < 4.78 is 0. The Morgan fingerprint density at radius 3 is 1.90 bits per heavy atom. The molecule has 0 aromatic rings. The Morgan fingerprint density at radius 2 is 1.38 bits per heavy atom. The summed E-state index contributed by atoms with van der Waals surface area (Å²) in [5.74, 6) is 2.69. The third kappa shape index (κ3) is 14.9. The zero-order valence-corrected chi connectivity index (χ0v) is 16.8. The van der Waals surface area contributed by atoms with Gasteiger partial charge in [0.2, 0.25) is 0 Å². The highest BCUT2D eigenvalue weighted by molar-refractivity contribution is 9.09. The topological polar surface area (TPSA) is 0 Å². The fourth-order valence-corrected chi connectivity index (χ4v) is 3.47. The fourth-order valence-electron chi connectivity index (χ4n) is 2.84. The molecule has 0 saturated carbocycles. The molecular formula is C20H39Br. The normalized spacial score (nSPS) is 15.5. The van der Waals surface area contributed by atoms with Gasteiger partial charge in [-0.3, -0.25) is 0 Å². The maximum Gasteiger partial charge on any atom is 0.00684 e. The van der Waals surface area contributed by atoms with Gasteiger partial charge in [-0.15, -0.1) is 0 Å². The van der Waals surface area contributed by atoms with Gasteiger partial charge in [0.15, 0.2) is 0 Å². The number of allylic oxidation sites excluding steroid dienone is 2. The minimum Gasteiger partial charge on any atom is -0.0925 e. The zero-order valence-electron chi connectivity index (χ0n) is 15.3.